The number of fused-ring (bicyclic) bond motifs is 1. The van der Waals surface area contributed by atoms with Crippen molar-refractivity contribution in [1.29, 1.82) is 0 Å². The van der Waals surface area contributed by atoms with Crippen LogP contribution in [0.5, 0.6) is 5.75 Å². The minimum absolute atomic E-state index is 0.181. The molecule has 1 atom stereocenters. The molecule has 3 heterocycles. The average molecular weight is 498 g/mol. The predicted molar refractivity (Wildman–Crippen MR) is 120 cm³/mol. The number of ether oxygens (including phenoxy) is 1. The van der Waals surface area contributed by atoms with Crippen LogP contribution in [0.1, 0.15) is 45.6 Å². The Balaban J connectivity index is 1.23. The number of hydrogen-bond acceptors (Lipinski definition) is 5. The molecule has 1 N–H and O–H groups in total. The van der Waals surface area contributed by atoms with Gasteiger partial charge in [-0.25, -0.2) is 4.98 Å². The SMILES string of the molecule is O=C1CCC(N2Cc3c(OCc4ccc(Cn5cnc(C(F)(F)F)c5)cc4)cccc3C2=O)C(=O)N1. The molecule has 11 heteroatoms. The van der Waals surface area contributed by atoms with E-state index in [2.05, 4.69) is 10.3 Å². The maximum atomic E-state index is 12.9. The van der Waals surface area contributed by atoms with Crippen molar-refractivity contribution in [1.82, 2.24) is 19.8 Å². The van der Waals surface area contributed by atoms with E-state index in [-0.39, 0.29) is 44.4 Å². The number of hydrogen-bond donors (Lipinski definition) is 1. The van der Waals surface area contributed by atoms with E-state index in [9.17, 15) is 27.6 Å². The molecule has 1 aromatic heterocycles. The minimum atomic E-state index is -4.48. The molecule has 3 amide bonds. The Morgan fingerprint density at radius 2 is 1.81 bits per heavy atom. The second-order valence-corrected chi connectivity index (χ2v) is 8.72. The van der Waals surface area contributed by atoms with Gasteiger partial charge in [-0.15, -0.1) is 0 Å². The number of carbonyl (C=O) groups is 3. The lowest BCUT2D eigenvalue weighted by Crippen LogP contribution is -2.52. The van der Waals surface area contributed by atoms with Crippen molar-refractivity contribution in [2.24, 2.45) is 0 Å². The van der Waals surface area contributed by atoms with Crippen molar-refractivity contribution in [2.75, 3.05) is 0 Å². The fraction of sp³-hybridized carbons (Fsp3) is 0.280. The monoisotopic (exact) mass is 498 g/mol. The molecule has 0 saturated carbocycles. The van der Waals surface area contributed by atoms with Crippen LogP contribution in [0.2, 0.25) is 0 Å². The summed E-state index contributed by atoms with van der Waals surface area (Å²) >= 11 is 0. The van der Waals surface area contributed by atoms with Crippen molar-refractivity contribution >= 4 is 17.7 Å². The van der Waals surface area contributed by atoms with Crippen LogP contribution in [-0.4, -0.2) is 38.2 Å². The molecular weight excluding hydrogens is 477 g/mol. The minimum Gasteiger partial charge on any atom is -0.489 e. The number of carbonyl (C=O) groups excluding carboxylic acids is 3. The Labute approximate surface area is 203 Å². The Morgan fingerprint density at radius 3 is 2.50 bits per heavy atom. The molecular formula is C25H21F3N4O4. The number of nitrogens with one attached hydrogen (secondary N) is 1. The van der Waals surface area contributed by atoms with Crippen LogP contribution in [0.4, 0.5) is 13.2 Å². The summed E-state index contributed by atoms with van der Waals surface area (Å²) in [4.78, 5) is 41.5. The first-order valence-electron chi connectivity index (χ1n) is 11.2. The van der Waals surface area contributed by atoms with E-state index in [1.165, 1.54) is 9.47 Å². The summed E-state index contributed by atoms with van der Waals surface area (Å²) in [5.74, 6) is -0.563. The molecule has 2 aliphatic rings. The second-order valence-electron chi connectivity index (χ2n) is 8.72. The van der Waals surface area contributed by atoms with Crippen LogP contribution >= 0.6 is 0 Å². The highest BCUT2D eigenvalue weighted by atomic mass is 19.4. The number of amides is 3. The third-order valence-electron chi connectivity index (χ3n) is 6.25. The summed E-state index contributed by atoms with van der Waals surface area (Å²) in [7, 11) is 0. The summed E-state index contributed by atoms with van der Waals surface area (Å²) in [6.07, 6.45) is -1.90. The second kappa shape index (κ2) is 9.14. The molecule has 2 aromatic carbocycles. The van der Waals surface area contributed by atoms with E-state index in [4.69, 9.17) is 4.74 Å². The lowest BCUT2D eigenvalue weighted by Gasteiger charge is -2.29. The average Bonchev–Trinajstić information content (AvgIpc) is 3.44. The van der Waals surface area contributed by atoms with Gasteiger partial charge in [0.1, 0.15) is 18.4 Å². The lowest BCUT2D eigenvalue weighted by atomic mass is 10.0. The maximum Gasteiger partial charge on any atom is 0.434 e. The molecule has 0 aliphatic carbocycles. The summed E-state index contributed by atoms with van der Waals surface area (Å²) in [5, 5.41) is 2.28. The van der Waals surface area contributed by atoms with Gasteiger partial charge in [0.2, 0.25) is 11.8 Å². The van der Waals surface area contributed by atoms with Gasteiger partial charge in [-0.1, -0.05) is 30.3 Å². The van der Waals surface area contributed by atoms with Crippen LogP contribution in [-0.2, 0) is 35.5 Å². The van der Waals surface area contributed by atoms with E-state index in [1.807, 2.05) is 12.1 Å². The van der Waals surface area contributed by atoms with E-state index < -0.39 is 23.8 Å². The molecule has 0 radical (unpaired) electrons. The molecule has 0 bridgehead atoms. The molecule has 5 rings (SSSR count). The molecule has 3 aromatic rings. The van der Waals surface area contributed by atoms with Crippen molar-refractivity contribution < 1.29 is 32.3 Å². The fourth-order valence-electron chi connectivity index (χ4n) is 4.40. The molecule has 0 spiro atoms. The van der Waals surface area contributed by atoms with Crippen molar-refractivity contribution in [2.45, 2.75) is 44.8 Å². The van der Waals surface area contributed by atoms with E-state index >= 15 is 0 Å². The van der Waals surface area contributed by atoms with Gasteiger partial charge in [0, 0.05) is 30.3 Å². The van der Waals surface area contributed by atoms with Crippen LogP contribution in [0, 0.1) is 0 Å². The first kappa shape index (κ1) is 23.6. The summed E-state index contributed by atoms with van der Waals surface area (Å²) in [6.45, 7) is 0.668. The zero-order valence-electron chi connectivity index (χ0n) is 18.9. The smallest absolute Gasteiger partial charge is 0.434 e. The van der Waals surface area contributed by atoms with Crippen LogP contribution in [0.3, 0.4) is 0 Å². The van der Waals surface area contributed by atoms with Crippen LogP contribution < -0.4 is 10.1 Å². The van der Waals surface area contributed by atoms with Gasteiger partial charge >= 0.3 is 6.18 Å². The number of imidazole rings is 1. The molecule has 8 nitrogen and oxygen atoms in total. The summed E-state index contributed by atoms with van der Waals surface area (Å²) < 4.78 is 45.5. The van der Waals surface area contributed by atoms with Crippen molar-refractivity contribution in [3.63, 3.8) is 0 Å². The fourth-order valence-corrected chi connectivity index (χ4v) is 4.40. The van der Waals surface area contributed by atoms with Gasteiger partial charge in [0.05, 0.1) is 12.9 Å². The summed E-state index contributed by atoms with van der Waals surface area (Å²) in [5.41, 5.74) is 1.85. The standard InChI is InChI=1S/C25H21F3N4O4/c26-25(27,28)21-12-31(14-29-21)10-15-4-6-16(7-5-15)13-36-20-3-1-2-17-18(20)11-32(24(17)35)19-8-9-22(33)30-23(19)34/h1-7,12,14,19H,8-11,13H2,(H,30,33,34). The number of halogens is 3. The first-order chi connectivity index (χ1) is 17.2. The number of nitrogens with zero attached hydrogens (tertiary/aromatic N) is 3. The number of imide groups is 1. The maximum absolute atomic E-state index is 12.9. The van der Waals surface area contributed by atoms with Crippen molar-refractivity contribution in [3.05, 3.63) is 82.9 Å². The molecule has 2 aliphatic heterocycles. The highest BCUT2D eigenvalue weighted by molar-refractivity contribution is 6.05. The molecule has 186 valence electrons. The van der Waals surface area contributed by atoms with Crippen LogP contribution in [0.15, 0.2) is 55.0 Å². The molecule has 1 fully saturated rings. The predicted octanol–water partition coefficient (Wildman–Crippen LogP) is 3.29. The molecule has 1 unspecified atom stereocenters. The van der Waals surface area contributed by atoms with Gasteiger partial charge in [0.25, 0.3) is 5.91 Å². The largest absolute Gasteiger partial charge is 0.489 e. The van der Waals surface area contributed by atoms with Crippen molar-refractivity contribution in [3.8, 4) is 5.75 Å². The highest BCUT2D eigenvalue weighted by Crippen LogP contribution is 2.34. The topological polar surface area (TPSA) is 93.5 Å². The van der Waals surface area contributed by atoms with Gasteiger partial charge in [-0.3, -0.25) is 19.7 Å². The Kier molecular flexibility index (Phi) is 5.99. The quantitative estimate of drug-likeness (QED) is 0.527. The summed E-state index contributed by atoms with van der Waals surface area (Å²) in [6, 6.07) is 11.7. The zero-order chi connectivity index (χ0) is 25.4. The van der Waals surface area contributed by atoms with Gasteiger partial charge < -0.3 is 14.2 Å². The normalized spacial score (nSPS) is 17.8. The van der Waals surface area contributed by atoms with Gasteiger partial charge in [-0.2, -0.15) is 13.2 Å². The number of alkyl halides is 3. The van der Waals surface area contributed by atoms with Gasteiger partial charge in [0.15, 0.2) is 5.69 Å². The van der Waals surface area contributed by atoms with E-state index in [1.54, 1.807) is 30.3 Å². The number of aromatic nitrogens is 2. The number of benzene rings is 2. The Morgan fingerprint density at radius 1 is 1.06 bits per heavy atom. The first-order valence-corrected chi connectivity index (χ1v) is 11.2. The Bertz CT molecular complexity index is 1330. The number of piperidine rings is 1. The molecule has 36 heavy (non-hydrogen) atoms. The zero-order valence-corrected chi connectivity index (χ0v) is 18.9. The van der Waals surface area contributed by atoms with E-state index in [0.717, 1.165) is 23.7 Å². The third kappa shape index (κ3) is 4.68. The molecule has 1 saturated heterocycles. The lowest BCUT2D eigenvalue weighted by molar-refractivity contribution is -0.141. The van der Waals surface area contributed by atoms with Crippen LogP contribution in [0.25, 0.3) is 0 Å². The van der Waals surface area contributed by atoms with E-state index in [0.29, 0.717) is 16.9 Å². The number of rotatable bonds is 6. The van der Waals surface area contributed by atoms with Gasteiger partial charge in [-0.05, 0) is 29.7 Å². The Hall–Kier alpha value is -4.15. The third-order valence-corrected chi connectivity index (χ3v) is 6.25. The highest BCUT2D eigenvalue weighted by Gasteiger charge is 2.40.